The highest BCUT2D eigenvalue weighted by Gasteiger charge is 2.21. The second kappa shape index (κ2) is 5.30. The van der Waals surface area contributed by atoms with Gasteiger partial charge >= 0.3 is 0 Å². The molecule has 1 aliphatic carbocycles. The van der Waals surface area contributed by atoms with Crippen LogP contribution in [0.5, 0.6) is 0 Å². The summed E-state index contributed by atoms with van der Waals surface area (Å²) in [5, 5.41) is 12.0. The molecule has 0 saturated heterocycles. The molecule has 0 aliphatic heterocycles. The van der Waals surface area contributed by atoms with Gasteiger partial charge in [-0.2, -0.15) is 0 Å². The van der Waals surface area contributed by atoms with E-state index in [-0.39, 0.29) is 5.82 Å². The number of aryl methyl sites for hydroxylation is 1. The van der Waals surface area contributed by atoms with Crippen LogP contribution in [0.1, 0.15) is 18.4 Å². The normalized spacial score (nSPS) is 14.8. The molecule has 2 aromatic rings. The highest BCUT2D eigenvalue weighted by Crippen LogP contribution is 2.30. The Morgan fingerprint density at radius 1 is 1.47 bits per heavy atom. The average molecular weight is 278 g/mol. The average Bonchev–Trinajstić information content (AvgIpc) is 3.13. The molecule has 0 unspecified atom stereocenters. The minimum absolute atomic E-state index is 0.166. The summed E-state index contributed by atoms with van der Waals surface area (Å²) in [4.78, 5) is 0.893. The van der Waals surface area contributed by atoms with Crippen molar-refractivity contribution in [1.82, 2.24) is 20.1 Å². The van der Waals surface area contributed by atoms with Gasteiger partial charge in [0.1, 0.15) is 12.1 Å². The Kier molecular flexibility index (Phi) is 3.52. The molecule has 6 heteroatoms. The monoisotopic (exact) mass is 278 g/mol. The molecule has 1 fully saturated rings. The van der Waals surface area contributed by atoms with E-state index >= 15 is 0 Å². The number of aromatic nitrogens is 3. The van der Waals surface area contributed by atoms with Crippen LogP contribution in [-0.4, -0.2) is 20.8 Å². The molecule has 1 N–H and O–H groups in total. The molecule has 0 atom stereocenters. The van der Waals surface area contributed by atoms with Gasteiger partial charge in [-0.15, -0.1) is 10.2 Å². The van der Waals surface area contributed by atoms with Crippen LogP contribution < -0.4 is 5.32 Å². The van der Waals surface area contributed by atoms with Crippen molar-refractivity contribution >= 4 is 11.8 Å². The van der Waals surface area contributed by atoms with E-state index in [9.17, 15) is 4.39 Å². The zero-order valence-electron chi connectivity index (χ0n) is 10.6. The Morgan fingerprint density at radius 2 is 2.32 bits per heavy atom. The molecule has 1 aromatic heterocycles. The largest absolute Gasteiger partial charge is 0.311 e. The number of hydrogen-bond donors (Lipinski definition) is 1. The van der Waals surface area contributed by atoms with Crippen molar-refractivity contribution in [2.75, 3.05) is 0 Å². The molecule has 1 heterocycles. The van der Waals surface area contributed by atoms with E-state index < -0.39 is 0 Å². The maximum absolute atomic E-state index is 14.0. The van der Waals surface area contributed by atoms with Crippen LogP contribution in [0.3, 0.4) is 0 Å². The highest BCUT2D eigenvalue weighted by atomic mass is 32.2. The Labute approximate surface area is 115 Å². The van der Waals surface area contributed by atoms with Crippen LogP contribution in [0.2, 0.25) is 0 Å². The number of nitrogens with one attached hydrogen (secondary N) is 1. The number of nitrogens with zero attached hydrogens (tertiary/aromatic N) is 3. The maximum Gasteiger partial charge on any atom is 0.195 e. The van der Waals surface area contributed by atoms with Crippen molar-refractivity contribution in [1.29, 1.82) is 0 Å². The molecule has 100 valence electrons. The lowest BCUT2D eigenvalue weighted by atomic mass is 10.2. The zero-order valence-corrected chi connectivity index (χ0v) is 11.5. The fourth-order valence-corrected chi connectivity index (χ4v) is 2.72. The molecular formula is C13H15FN4S. The van der Waals surface area contributed by atoms with Gasteiger partial charge in [0, 0.05) is 30.1 Å². The van der Waals surface area contributed by atoms with Crippen molar-refractivity contribution in [3.8, 4) is 0 Å². The first-order valence-electron chi connectivity index (χ1n) is 6.26. The van der Waals surface area contributed by atoms with E-state index in [1.165, 1.54) is 30.7 Å². The van der Waals surface area contributed by atoms with Crippen molar-refractivity contribution in [2.24, 2.45) is 7.05 Å². The summed E-state index contributed by atoms with van der Waals surface area (Å²) in [6, 6.07) is 5.72. The van der Waals surface area contributed by atoms with Gasteiger partial charge < -0.3 is 9.88 Å². The van der Waals surface area contributed by atoms with Gasteiger partial charge in [0.25, 0.3) is 0 Å². The van der Waals surface area contributed by atoms with E-state index in [0.29, 0.717) is 18.2 Å². The minimum Gasteiger partial charge on any atom is -0.311 e. The number of hydrogen-bond acceptors (Lipinski definition) is 4. The van der Waals surface area contributed by atoms with Gasteiger partial charge in [0.2, 0.25) is 0 Å². The third-order valence-corrected chi connectivity index (χ3v) is 4.25. The van der Waals surface area contributed by atoms with Crippen LogP contribution in [0.25, 0.3) is 0 Å². The Hall–Kier alpha value is -1.40. The predicted octanol–water partition coefficient (Wildman–Crippen LogP) is 2.36. The van der Waals surface area contributed by atoms with Crippen LogP contribution in [0.4, 0.5) is 4.39 Å². The zero-order chi connectivity index (χ0) is 13.2. The molecule has 0 amide bonds. The molecule has 1 aliphatic rings. The van der Waals surface area contributed by atoms with Gasteiger partial charge in [0.05, 0.1) is 0 Å². The van der Waals surface area contributed by atoms with Gasteiger partial charge in [0.15, 0.2) is 5.16 Å². The SMILES string of the molecule is Cn1cnnc1Sc1cccc(F)c1CNC1CC1. The van der Waals surface area contributed by atoms with Crippen LogP contribution in [0.15, 0.2) is 34.6 Å². The topological polar surface area (TPSA) is 42.7 Å². The van der Waals surface area contributed by atoms with Crippen molar-refractivity contribution in [3.05, 3.63) is 35.9 Å². The first-order valence-corrected chi connectivity index (χ1v) is 7.08. The summed E-state index contributed by atoms with van der Waals surface area (Å²) < 4.78 is 15.8. The maximum atomic E-state index is 14.0. The second-order valence-corrected chi connectivity index (χ2v) is 5.71. The van der Waals surface area contributed by atoms with Crippen LogP contribution in [-0.2, 0) is 13.6 Å². The van der Waals surface area contributed by atoms with Crippen molar-refractivity contribution in [3.63, 3.8) is 0 Å². The first kappa shape index (κ1) is 12.6. The van der Waals surface area contributed by atoms with Crippen molar-refractivity contribution < 1.29 is 4.39 Å². The molecule has 0 bridgehead atoms. The number of benzene rings is 1. The van der Waals surface area contributed by atoms with E-state index in [4.69, 9.17) is 0 Å². The van der Waals surface area contributed by atoms with Gasteiger partial charge in [-0.1, -0.05) is 6.07 Å². The molecule has 1 saturated carbocycles. The van der Waals surface area contributed by atoms with Gasteiger partial charge in [-0.3, -0.25) is 0 Å². The fraction of sp³-hybridized carbons (Fsp3) is 0.385. The lowest BCUT2D eigenvalue weighted by molar-refractivity contribution is 0.579. The molecule has 0 radical (unpaired) electrons. The van der Waals surface area contributed by atoms with Crippen molar-refractivity contribution in [2.45, 2.75) is 35.5 Å². The van der Waals surface area contributed by atoms with E-state index in [1.807, 2.05) is 17.7 Å². The van der Waals surface area contributed by atoms with Crippen LogP contribution >= 0.6 is 11.8 Å². The standard InChI is InChI=1S/C13H15FN4S/c1-18-8-16-17-13(18)19-12-4-2-3-11(14)10(12)7-15-9-5-6-9/h2-4,8-9,15H,5-7H2,1H3. The molecule has 1 aromatic carbocycles. The predicted molar refractivity (Wildman–Crippen MR) is 71.4 cm³/mol. The quantitative estimate of drug-likeness (QED) is 0.911. The van der Waals surface area contributed by atoms with Crippen LogP contribution in [0, 0.1) is 5.82 Å². The fourth-order valence-electron chi connectivity index (χ4n) is 1.80. The third kappa shape index (κ3) is 2.96. The summed E-state index contributed by atoms with van der Waals surface area (Å²) in [6.07, 6.45) is 4.03. The molecule has 3 rings (SSSR count). The van der Waals surface area contributed by atoms with Gasteiger partial charge in [-0.05, 0) is 36.7 Å². The van der Waals surface area contributed by atoms with E-state index in [1.54, 1.807) is 12.4 Å². The number of halogens is 1. The minimum atomic E-state index is -0.166. The molecular weight excluding hydrogens is 263 g/mol. The first-order chi connectivity index (χ1) is 9.24. The summed E-state index contributed by atoms with van der Waals surface area (Å²) in [5.41, 5.74) is 0.711. The lowest BCUT2D eigenvalue weighted by Gasteiger charge is -2.10. The summed E-state index contributed by atoms with van der Waals surface area (Å²) in [7, 11) is 1.88. The number of rotatable bonds is 5. The summed E-state index contributed by atoms with van der Waals surface area (Å²) >= 11 is 1.44. The highest BCUT2D eigenvalue weighted by molar-refractivity contribution is 7.99. The lowest BCUT2D eigenvalue weighted by Crippen LogP contribution is -2.17. The Balaban J connectivity index is 1.82. The Bertz CT molecular complexity index is 580. The van der Waals surface area contributed by atoms with Gasteiger partial charge in [-0.25, -0.2) is 4.39 Å². The van der Waals surface area contributed by atoms with E-state index in [2.05, 4.69) is 15.5 Å². The molecule has 0 spiro atoms. The smallest absolute Gasteiger partial charge is 0.195 e. The third-order valence-electron chi connectivity index (χ3n) is 3.09. The summed E-state index contributed by atoms with van der Waals surface area (Å²) in [6.45, 7) is 0.567. The second-order valence-electron chi connectivity index (χ2n) is 4.70. The Morgan fingerprint density at radius 3 is 3.00 bits per heavy atom. The summed E-state index contributed by atoms with van der Waals surface area (Å²) in [5.74, 6) is -0.166. The molecule has 4 nitrogen and oxygen atoms in total. The molecule has 19 heavy (non-hydrogen) atoms. The van der Waals surface area contributed by atoms with E-state index in [0.717, 1.165) is 10.1 Å².